The Morgan fingerprint density at radius 3 is 2.50 bits per heavy atom. The number of hydrogen-bond donors (Lipinski definition) is 1. The minimum Gasteiger partial charge on any atom is -0.303 e. The quantitative estimate of drug-likeness (QED) is 0.778. The summed E-state index contributed by atoms with van der Waals surface area (Å²) in [5.74, 6) is 3.01. The summed E-state index contributed by atoms with van der Waals surface area (Å²) in [6, 6.07) is 11.0. The number of benzene rings is 1. The molecule has 1 saturated carbocycles. The van der Waals surface area contributed by atoms with Crippen LogP contribution < -0.4 is 5.32 Å². The second kappa shape index (κ2) is 6.07. The summed E-state index contributed by atoms with van der Waals surface area (Å²) >= 11 is 0. The molecule has 1 aliphatic carbocycles. The Kier molecular flexibility index (Phi) is 4.44. The molecular formula is C17H23N. The molecule has 0 aromatic heterocycles. The topological polar surface area (TPSA) is 12.0 Å². The third-order valence-corrected chi connectivity index (χ3v) is 4.16. The van der Waals surface area contributed by atoms with Crippen LogP contribution in [0.5, 0.6) is 0 Å². The van der Waals surface area contributed by atoms with Crippen molar-refractivity contribution in [2.45, 2.75) is 50.5 Å². The molecule has 1 aliphatic rings. The Labute approximate surface area is 111 Å². The highest BCUT2D eigenvalue weighted by Gasteiger charge is 2.41. The van der Waals surface area contributed by atoms with Gasteiger partial charge in [0.25, 0.3) is 0 Å². The first-order valence-electron chi connectivity index (χ1n) is 7.08. The maximum atomic E-state index is 5.80. The van der Waals surface area contributed by atoms with Crippen LogP contribution in [0.25, 0.3) is 0 Å². The predicted molar refractivity (Wildman–Crippen MR) is 77.5 cm³/mol. The molecule has 1 atom stereocenters. The largest absolute Gasteiger partial charge is 0.303 e. The molecule has 1 N–H and O–H groups in total. The average molecular weight is 241 g/mol. The number of hydrogen-bond acceptors (Lipinski definition) is 1. The fraction of sp³-hybridized carbons (Fsp3) is 0.529. The van der Waals surface area contributed by atoms with E-state index in [4.69, 9.17) is 6.42 Å². The maximum Gasteiger partial charge on any atom is 0.0784 e. The molecule has 1 aromatic carbocycles. The summed E-state index contributed by atoms with van der Waals surface area (Å²) in [6.45, 7) is 3.19. The van der Waals surface area contributed by atoms with Crippen LogP contribution in [0.15, 0.2) is 30.3 Å². The Morgan fingerprint density at radius 1 is 1.28 bits per heavy atom. The van der Waals surface area contributed by atoms with Crippen molar-refractivity contribution < 1.29 is 0 Å². The molecule has 0 saturated heterocycles. The van der Waals surface area contributed by atoms with Crippen molar-refractivity contribution >= 4 is 0 Å². The number of nitrogens with one attached hydrogen (secondary N) is 1. The number of terminal acetylenes is 1. The van der Waals surface area contributed by atoms with Gasteiger partial charge < -0.3 is 5.32 Å². The molecule has 1 unspecified atom stereocenters. The summed E-state index contributed by atoms with van der Waals surface area (Å²) in [4.78, 5) is 0. The minimum atomic E-state index is 0.158. The highest BCUT2D eigenvalue weighted by atomic mass is 14.9. The molecular weight excluding hydrogens is 218 g/mol. The minimum absolute atomic E-state index is 0.158. The van der Waals surface area contributed by atoms with Gasteiger partial charge in [-0.1, -0.05) is 56.0 Å². The lowest BCUT2D eigenvalue weighted by molar-refractivity contribution is 0.350. The van der Waals surface area contributed by atoms with Gasteiger partial charge >= 0.3 is 0 Å². The highest BCUT2D eigenvalue weighted by molar-refractivity contribution is 5.33. The second-order valence-corrected chi connectivity index (χ2v) is 5.28. The molecule has 0 spiro atoms. The fourth-order valence-corrected chi connectivity index (χ4v) is 3.22. The van der Waals surface area contributed by atoms with Gasteiger partial charge in [0.1, 0.15) is 0 Å². The standard InChI is InChI=1S/C17H23N/c1-3-14-18-16(4-2)17(12-8-9-13-17)15-10-6-5-7-11-15/h2,5-7,10-11,16,18H,3,8-9,12-14H2,1H3. The van der Waals surface area contributed by atoms with E-state index in [1.807, 2.05) is 0 Å². The monoisotopic (exact) mass is 241 g/mol. The van der Waals surface area contributed by atoms with E-state index in [1.165, 1.54) is 31.2 Å². The Balaban J connectivity index is 2.29. The van der Waals surface area contributed by atoms with Gasteiger partial charge in [0.15, 0.2) is 0 Å². The molecule has 18 heavy (non-hydrogen) atoms. The SMILES string of the molecule is C#CC(NCCC)C1(c2ccccc2)CCCC1. The third kappa shape index (κ3) is 2.44. The van der Waals surface area contributed by atoms with Crippen LogP contribution in [0.1, 0.15) is 44.6 Å². The first-order valence-corrected chi connectivity index (χ1v) is 7.08. The Hall–Kier alpha value is -1.26. The summed E-state index contributed by atoms with van der Waals surface area (Å²) < 4.78 is 0. The van der Waals surface area contributed by atoms with Crippen LogP contribution >= 0.6 is 0 Å². The number of rotatable bonds is 5. The molecule has 96 valence electrons. The zero-order valence-electron chi connectivity index (χ0n) is 11.3. The summed E-state index contributed by atoms with van der Waals surface area (Å²) in [6.07, 6.45) is 11.9. The first kappa shape index (κ1) is 13.2. The van der Waals surface area contributed by atoms with E-state index in [0.717, 1.165) is 13.0 Å². The van der Waals surface area contributed by atoms with Crippen molar-refractivity contribution in [2.24, 2.45) is 0 Å². The summed E-state index contributed by atoms with van der Waals surface area (Å²) in [5, 5.41) is 3.56. The van der Waals surface area contributed by atoms with Crippen molar-refractivity contribution in [1.82, 2.24) is 5.32 Å². The van der Waals surface area contributed by atoms with Crippen LogP contribution in [0, 0.1) is 12.3 Å². The molecule has 0 bridgehead atoms. The van der Waals surface area contributed by atoms with Crippen LogP contribution in [-0.2, 0) is 5.41 Å². The van der Waals surface area contributed by atoms with Gasteiger partial charge in [0.2, 0.25) is 0 Å². The van der Waals surface area contributed by atoms with Crippen LogP contribution in [-0.4, -0.2) is 12.6 Å². The van der Waals surface area contributed by atoms with Gasteiger partial charge in [-0.3, -0.25) is 0 Å². The lowest BCUT2D eigenvalue weighted by atomic mass is 9.73. The molecule has 0 heterocycles. The normalized spacial score (nSPS) is 19.3. The van der Waals surface area contributed by atoms with E-state index in [0.29, 0.717) is 0 Å². The molecule has 1 nitrogen and oxygen atoms in total. The van der Waals surface area contributed by atoms with Crippen molar-refractivity contribution in [2.75, 3.05) is 6.54 Å². The van der Waals surface area contributed by atoms with Crippen LogP contribution in [0.2, 0.25) is 0 Å². The predicted octanol–water partition coefficient (Wildman–Crippen LogP) is 3.50. The van der Waals surface area contributed by atoms with Crippen molar-refractivity contribution in [3.05, 3.63) is 35.9 Å². The van der Waals surface area contributed by atoms with E-state index >= 15 is 0 Å². The van der Waals surface area contributed by atoms with Crippen LogP contribution in [0.4, 0.5) is 0 Å². The van der Waals surface area contributed by atoms with E-state index in [9.17, 15) is 0 Å². The summed E-state index contributed by atoms with van der Waals surface area (Å²) in [5.41, 5.74) is 1.57. The van der Waals surface area contributed by atoms with Gasteiger partial charge in [0.05, 0.1) is 6.04 Å². The third-order valence-electron chi connectivity index (χ3n) is 4.16. The van der Waals surface area contributed by atoms with Crippen LogP contribution in [0.3, 0.4) is 0 Å². The van der Waals surface area contributed by atoms with Crippen molar-refractivity contribution in [1.29, 1.82) is 0 Å². The van der Waals surface area contributed by atoms with Gasteiger partial charge in [-0.25, -0.2) is 0 Å². The lowest BCUT2D eigenvalue weighted by Crippen LogP contribution is -2.46. The molecule has 2 rings (SSSR count). The molecule has 0 amide bonds. The van der Waals surface area contributed by atoms with E-state index in [1.54, 1.807) is 0 Å². The first-order chi connectivity index (χ1) is 8.83. The molecule has 1 aromatic rings. The van der Waals surface area contributed by atoms with Gasteiger partial charge in [-0.15, -0.1) is 6.42 Å². The van der Waals surface area contributed by atoms with Crippen molar-refractivity contribution in [3.8, 4) is 12.3 Å². The maximum absolute atomic E-state index is 5.80. The molecule has 0 aliphatic heterocycles. The lowest BCUT2D eigenvalue weighted by Gasteiger charge is -2.36. The smallest absolute Gasteiger partial charge is 0.0784 e. The van der Waals surface area contributed by atoms with E-state index in [2.05, 4.69) is 48.5 Å². The Morgan fingerprint density at radius 2 is 1.94 bits per heavy atom. The molecule has 0 radical (unpaired) electrons. The van der Waals surface area contributed by atoms with Gasteiger partial charge in [-0.05, 0) is 31.4 Å². The molecule has 1 fully saturated rings. The zero-order valence-corrected chi connectivity index (χ0v) is 11.3. The van der Waals surface area contributed by atoms with Gasteiger partial charge in [0, 0.05) is 5.41 Å². The highest BCUT2D eigenvalue weighted by Crippen LogP contribution is 2.43. The average Bonchev–Trinajstić information content (AvgIpc) is 2.91. The zero-order chi connectivity index (χ0) is 12.8. The molecule has 1 heteroatoms. The fourth-order valence-electron chi connectivity index (χ4n) is 3.22. The second-order valence-electron chi connectivity index (χ2n) is 5.28. The van der Waals surface area contributed by atoms with E-state index in [-0.39, 0.29) is 11.5 Å². The summed E-state index contributed by atoms with van der Waals surface area (Å²) in [7, 11) is 0. The van der Waals surface area contributed by atoms with Crippen molar-refractivity contribution in [3.63, 3.8) is 0 Å². The Bertz CT molecular complexity index is 395. The van der Waals surface area contributed by atoms with Gasteiger partial charge in [-0.2, -0.15) is 0 Å². The van der Waals surface area contributed by atoms with E-state index < -0.39 is 0 Å².